The van der Waals surface area contributed by atoms with Crippen molar-refractivity contribution < 1.29 is 8.78 Å². The molecule has 1 saturated heterocycles. The maximum atomic E-state index is 14.7. The number of halogens is 2. The van der Waals surface area contributed by atoms with Gasteiger partial charge < -0.3 is 10.2 Å². The van der Waals surface area contributed by atoms with Crippen molar-refractivity contribution in [3.8, 4) is 11.1 Å². The number of nitrogens with zero attached hydrogens (tertiary/aromatic N) is 1. The van der Waals surface area contributed by atoms with Gasteiger partial charge in [0.2, 0.25) is 0 Å². The fraction of sp³-hybridized carbons (Fsp3) is 0.250. The lowest BCUT2D eigenvalue weighted by atomic mass is 10.0. The molecular formula is C16H16F2N2. The van der Waals surface area contributed by atoms with Crippen LogP contribution in [0.3, 0.4) is 0 Å². The first-order chi connectivity index (χ1) is 9.77. The number of rotatable bonds is 2. The summed E-state index contributed by atoms with van der Waals surface area (Å²) in [7, 11) is 0. The Kier molecular flexibility index (Phi) is 3.65. The minimum Gasteiger partial charge on any atom is -0.364 e. The average Bonchev–Trinajstić information content (AvgIpc) is 2.49. The fourth-order valence-electron chi connectivity index (χ4n) is 2.56. The summed E-state index contributed by atoms with van der Waals surface area (Å²) in [6.45, 7) is 2.72. The highest BCUT2D eigenvalue weighted by Crippen LogP contribution is 2.32. The zero-order chi connectivity index (χ0) is 13.9. The summed E-state index contributed by atoms with van der Waals surface area (Å²) in [4.78, 5) is 1.77. The average molecular weight is 274 g/mol. The van der Waals surface area contributed by atoms with Crippen molar-refractivity contribution in [3.63, 3.8) is 0 Å². The highest BCUT2D eigenvalue weighted by Gasteiger charge is 2.21. The summed E-state index contributed by atoms with van der Waals surface area (Å²) in [5.41, 5.74) is 1.30. The standard InChI is InChI=1S/C16H16F2N2/c17-14-7-6-13(12-4-2-1-3-5-12)15(18)16(14)20-10-8-19-9-11-20/h1-7,19H,8-11H2. The Bertz CT molecular complexity index is 593. The van der Waals surface area contributed by atoms with E-state index in [9.17, 15) is 8.78 Å². The molecule has 0 aliphatic carbocycles. The lowest BCUT2D eigenvalue weighted by Crippen LogP contribution is -2.44. The Morgan fingerprint density at radius 2 is 1.60 bits per heavy atom. The van der Waals surface area contributed by atoms with Crippen LogP contribution in [0.2, 0.25) is 0 Å². The Balaban J connectivity index is 2.06. The van der Waals surface area contributed by atoms with Crippen LogP contribution in [-0.4, -0.2) is 26.2 Å². The smallest absolute Gasteiger partial charge is 0.157 e. The molecule has 20 heavy (non-hydrogen) atoms. The van der Waals surface area contributed by atoms with Crippen molar-refractivity contribution >= 4 is 5.69 Å². The van der Waals surface area contributed by atoms with E-state index in [1.807, 2.05) is 30.3 Å². The van der Waals surface area contributed by atoms with E-state index in [0.29, 0.717) is 18.7 Å². The molecule has 0 aromatic heterocycles. The summed E-state index contributed by atoms with van der Waals surface area (Å²) in [6, 6.07) is 12.1. The Morgan fingerprint density at radius 3 is 2.30 bits per heavy atom. The second-order valence-corrected chi connectivity index (χ2v) is 4.86. The zero-order valence-electron chi connectivity index (χ0n) is 11.1. The largest absolute Gasteiger partial charge is 0.364 e. The SMILES string of the molecule is Fc1ccc(-c2ccccc2)c(F)c1N1CCNCC1. The summed E-state index contributed by atoms with van der Waals surface area (Å²) in [5, 5.41) is 3.18. The van der Waals surface area contributed by atoms with Gasteiger partial charge in [-0.2, -0.15) is 0 Å². The lowest BCUT2D eigenvalue weighted by molar-refractivity contribution is 0.539. The molecule has 2 aromatic carbocycles. The molecule has 0 unspecified atom stereocenters. The van der Waals surface area contributed by atoms with E-state index in [0.717, 1.165) is 18.7 Å². The maximum absolute atomic E-state index is 14.7. The van der Waals surface area contributed by atoms with Crippen molar-refractivity contribution in [2.24, 2.45) is 0 Å². The monoisotopic (exact) mass is 274 g/mol. The number of nitrogens with one attached hydrogen (secondary N) is 1. The summed E-state index contributed by atoms with van der Waals surface area (Å²) in [6.07, 6.45) is 0. The van der Waals surface area contributed by atoms with E-state index in [2.05, 4.69) is 5.32 Å². The van der Waals surface area contributed by atoms with Gasteiger partial charge in [0.1, 0.15) is 11.5 Å². The van der Waals surface area contributed by atoms with E-state index >= 15 is 0 Å². The van der Waals surface area contributed by atoms with Crippen LogP contribution in [0.1, 0.15) is 0 Å². The Hall–Kier alpha value is -1.94. The summed E-state index contributed by atoms with van der Waals surface area (Å²) in [5.74, 6) is -0.970. The normalized spacial score (nSPS) is 15.4. The third-order valence-electron chi connectivity index (χ3n) is 3.58. The highest BCUT2D eigenvalue weighted by atomic mass is 19.1. The van der Waals surface area contributed by atoms with E-state index in [-0.39, 0.29) is 5.69 Å². The second-order valence-electron chi connectivity index (χ2n) is 4.86. The van der Waals surface area contributed by atoms with Gasteiger partial charge in [0.25, 0.3) is 0 Å². The molecule has 1 heterocycles. The van der Waals surface area contributed by atoms with Gasteiger partial charge in [-0.25, -0.2) is 8.78 Å². The molecule has 1 N–H and O–H groups in total. The maximum Gasteiger partial charge on any atom is 0.157 e. The van der Waals surface area contributed by atoms with Crippen LogP contribution in [0.25, 0.3) is 11.1 Å². The predicted octanol–water partition coefficient (Wildman–Crippen LogP) is 3.04. The van der Waals surface area contributed by atoms with Crippen molar-refractivity contribution in [1.82, 2.24) is 5.32 Å². The van der Waals surface area contributed by atoms with Gasteiger partial charge >= 0.3 is 0 Å². The molecular weight excluding hydrogens is 258 g/mol. The van der Waals surface area contributed by atoms with Gasteiger partial charge in [0, 0.05) is 31.7 Å². The van der Waals surface area contributed by atoms with Crippen LogP contribution in [0.4, 0.5) is 14.5 Å². The van der Waals surface area contributed by atoms with Crippen LogP contribution in [0.15, 0.2) is 42.5 Å². The van der Waals surface area contributed by atoms with Gasteiger partial charge in [-0.05, 0) is 17.7 Å². The number of benzene rings is 2. The second kappa shape index (κ2) is 5.59. The third-order valence-corrected chi connectivity index (χ3v) is 3.58. The quantitative estimate of drug-likeness (QED) is 0.905. The van der Waals surface area contributed by atoms with Crippen LogP contribution >= 0.6 is 0 Å². The number of piperazine rings is 1. The van der Waals surface area contributed by atoms with E-state index < -0.39 is 11.6 Å². The van der Waals surface area contributed by atoms with Gasteiger partial charge in [0.05, 0.1) is 0 Å². The van der Waals surface area contributed by atoms with Crippen molar-refractivity contribution in [2.45, 2.75) is 0 Å². The lowest BCUT2D eigenvalue weighted by Gasteiger charge is -2.30. The molecule has 0 radical (unpaired) electrons. The van der Waals surface area contributed by atoms with Crippen LogP contribution in [0.5, 0.6) is 0 Å². The van der Waals surface area contributed by atoms with Crippen molar-refractivity contribution in [2.75, 3.05) is 31.1 Å². The molecule has 0 amide bonds. The van der Waals surface area contributed by atoms with Gasteiger partial charge in [-0.3, -0.25) is 0 Å². The van der Waals surface area contributed by atoms with E-state index in [1.165, 1.54) is 12.1 Å². The van der Waals surface area contributed by atoms with Crippen LogP contribution in [0, 0.1) is 11.6 Å². The fourth-order valence-corrected chi connectivity index (χ4v) is 2.56. The highest BCUT2D eigenvalue weighted by molar-refractivity contribution is 5.70. The molecule has 0 atom stereocenters. The van der Waals surface area contributed by atoms with Crippen molar-refractivity contribution in [1.29, 1.82) is 0 Å². The summed E-state index contributed by atoms with van der Waals surface area (Å²) < 4.78 is 28.7. The molecule has 3 rings (SSSR count). The molecule has 2 aromatic rings. The molecule has 0 bridgehead atoms. The van der Waals surface area contributed by atoms with Gasteiger partial charge in [-0.15, -0.1) is 0 Å². The number of hydrogen-bond acceptors (Lipinski definition) is 2. The molecule has 104 valence electrons. The number of hydrogen-bond donors (Lipinski definition) is 1. The van der Waals surface area contributed by atoms with E-state index in [1.54, 1.807) is 4.90 Å². The molecule has 4 heteroatoms. The topological polar surface area (TPSA) is 15.3 Å². The third kappa shape index (κ3) is 2.39. The van der Waals surface area contributed by atoms with Gasteiger partial charge in [-0.1, -0.05) is 30.3 Å². The number of anilines is 1. The first-order valence-electron chi connectivity index (χ1n) is 6.76. The van der Waals surface area contributed by atoms with Crippen LogP contribution in [-0.2, 0) is 0 Å². The minimum atomic E-state index is -0.496. The molecule has 1 fully saturated rings. The molecule has 1 aliphatic rings. The Morgan fingerprint density at radius 1 is 0.900 bits per heavy atom. The first-order valence-corrected chi connectivity index (χ1v) is 6.76. The van der Waals surface area contributed by atoms with Gasteiger partial charge in [0.15, 0.2) is 5.82 Å². The first kappa shape index (κ1) is 13.1. The minimum absolute atomic E-state index is 0.0906. The Labute approximate surface area is 117 Å². The zero-order valence-corrected chi connectivity index (χ0v) is 11.1. The molecule has 2 nitrogen and oxygen atoms in total. The molecule has 0 saturated carbocycles. The van der Waals surface area contributed by atoms with E-state index in [4.69, 9.17) is 0 Å². The molecule has 0 spiro atoms. The van der Waals surface area contributed by atoms with Crippen LogP contribution < -0.4 is 10.2 Å². The summed E-state index contributed by atoms with van der Waals surface area (Å²) >= 11 is 0. The predicted molar refractivity (Wildman–Crippen MR) is 76.9 cm³/mol. The van der Waals surface area contributed by atoms with Crippen molar-refractivity contribution in [3.05, 3.63) is 54.1 Å². The molecule has 1 aliphatic heterocycles.